The predicted octanol–water partition coefficient (Wildman–Crippen LogP) is 4.97. The first-order chi connectivity index (χ1) is 20.7. The molecule has 3 aromatic rings. The molecular formula is C30H32ClFN8O3. The smallest absolute Gasteiger partial charge is 0.318 e. The topological polar surface area (TPSA) is 140 Å². The van der Waals surface area contributed by atoms with Crippen LogP contribution in [0.2, 0.25) is 5.02 Å². The molecule has 0 aliphatic carbocycles. The molecule has 0 spiro atoms. The average molecular weight is 607 g/mol. The normalized spacial score (nSPS) is 18.4. The van der Waals surface area contributed by atoms with Crippen molar-refractivity contribution >= 4 is 46.5 Å². The molecule has 0 unspecified atom stereocenters. The van der Waals surface area contributed by atoms with Crippen molar-refractivity contribution in [2.75, 3.05) is 22.7 Å². The number of pyridine rings is 1. The Kier molecular flexibility index (Phi) is 8.78. The molecule has 13 heteroatoms. The van der Waals surface area contributed by atoms with E-state index in [1.165, 1.54) is 18.1 Å². The van der Waals surface area contributed by atoms with E-state index in [2.05, 4.69) is 37.2 Å². The number of amides is 4. The highest BCUT2D eigenvalue weighted by Gasteiger charge is 2.29. The third-order valence-corrected chi connectivity index (χ3v) is 7.78. The van der Waals surface area contributed by atoms with Gasteiger partial charge in [0, 0.05) is 30.4 Å². The van der Waals surface area contributed by atoms with E-state index in [-0.39, 0.29) is 34.3 Å². The third kappa shape index (κ3) is 6.40. The largest absolute Gasteiger partial charge is 0.342 e. The van der Waals surface area contributed by atoms with Crippen LogP contribution in [0.5, 0.6) is 0 Å². The van der Waals surface area contributed by atoms with E-state index in [0.717, 1.165) is 11.1 Å². The number of benzene rings is 2. The highest BCUT2D eigenvalue weighted by molar-refractivity contribution is 6.31. The SMILES string of the molecule is CNC(=O)Nc1ccc2c(c1)NC(=O)[C@H](C)CCC[C@H](NC(=O)C1=C(C)N(c3cccc(Cl)c3F)NN1)c1cc-2ccn1. The third-order valence-electron chi connectivity index (χ3n) is 7.48. The molecule has 224 valence electrons. The monoisotopic (exact) mass is 606 g/mol. The van der Waals surface area contributed by atoms with Crippen LogP contribution in [0.3, 0.4) is 0 Å². The number of rotatable bonds is 4. The van der Waals surface area contributed by atoms with Gasteiger partial charge >= 0.3 is 6.03 Å². The van der Waals surface area contributed by atoms with E-state index in [0.29, 0.717) is 42.0 Å². The number of anilines is 3. The number of urea groups is 1. The second-order valence-electron chi connectivity index (χ2n) is 10.4. The lowest BCUT2D eigenvalue weighted by atomic mass is 9.95. The molecule has 2 aliphatic heterocycles. The minimum absolute atomic E-state index is 0.0346. The molecule has 6 N–H and O–H groups in total. The van der Waals surface area contributed by atoms with E-state index in [4.69, 9.17) is 11.6 Å². The number of carbonyl (C=O) groups is 3. The van der Waals surface area contributed by atoms with Crippen LogP contribution in [0.4, 0.5) is 26.2 Å². The molecule has 0 saturated heterocycles. The van der Waals surface area contributed by atoms with E-state index >= 15 is 0 Å². The minimum Gasteiger partial charge on any atom is -0.342 e. The van der Waals surface area contributed by atoms with Gasteiger partial charge in [-0.25, -0.2) is 9.18 Å². The second-order valence-corrected chi connectivity index (χ2v) is 10.8. The summed E-state index contributed by atoms with van der Waals surface area (Å²) in [6, 6.07) is 12.7. The molecule has 2 atom stereocenters. The summed E-state index contributed by atoms with van der Waals surface area (Å²) in [7, 11) is 1.52. The average Bonchev–Trinajstić information content (AvgIpc) is 3.38. The summed E-state index contributed by atoms with van der Waals surface area (Å²) in [4.78, 5) is 43.1. The van der Waals surface area contributed by atoms with Gasteiger partial charge in [-0.15, -0.1) is 5.53 Å². The van der Waals surface area contributed by atoms with E-state index in [1.807, 2.05) is 25.1 Å². The van der Waals surface area contributed by atoms with Gasteiger partial charge in [0.1, 0.15) is 5.70 Å². The van der Waals surface area contributed by atoms with Crippen LogP contribution in [-0.2, 0) is 9.59 Å². The Morgan fingerprint density at radius 3 is 2.74 bits per heavy atom. The van der Waals surface area contributed by atoms with Crippen LogP contribution < -0.4 is 37.2 Å². The molecule has 3 heterocycles. The Morgan fingerprint density at radius 1 is 1.14 bits per heavy atom. The van der Waals surface area contributed by atoms with Crippen LogP contribution in [0.15, 0.2) is 66.1 Å². The van der Waals surface area contributed by atoms with Gasteiger partial charge in [-0.3, -0.25) is 25.0 Å². The predicted molar refractivity (Wildman–Crippen MR) is 163 cm³/mol. The molecule has 4 amide bonds. The van der Waals surface area contributed by atoms with Crippen molar-refractivity contribution in [2.24, 2.45) is 5.92 Å². The maximum Gasteiger partial charge on any atom is 0.318 e. The van der Waals surface area contributed by atoms with Gasteiger partial charge in [-0.2, -0.15) is 0 Å². The van der Waals surface area contributed by atoms with E-state index in [1.54, 1.807) is 37.4 Å². The van der Waals surface area contributed by atoms with Crippen LogP contribution in [0, 0.1) is 11.7 Å². The molecule has 0 fully saturated rings. The number of aromatic nitrogens is 1. The molecule has 1 aromatic heterocycles. The molecule has 43 heavy (non-hydrogen) atoms. The Hall–Kier alpha value is -4.68. The molecule has 5 rings (SSSR count). The van der Waals surface area contributed by atoms with Crippen molar-refractivity contribution in [3.05, 3.63) is 82.7 Å². The molecular weight excluding hydrogens is 575 g/mol. The number of allylic oxidation sites excluding steroid dienone is 1. The van der Waals surface area contributed by atoms with Gasteiger partial charge < -0.3 is 21.3 Å². The second kappa shape index (κ2) is 12.7. The Balaban J connectivity index is 1.46. The number of nitrogens with one attached hydrogen (secondary N) is 6. The summed E-state index contributed by atoms with van der Waals surface area (Å²) in [6.45, 7) is 3.54. The Morgan fingerprint density at radius 2 is 1.95 bits per heavy atom. The zero-order valence-corrected chi connectivity index (χ0v) is 24.6. The van der Waals surface area contributed by atoms with Crippen LogP contribution in [-0.4, -0.2) is 29.9 Å². The number of carbonyl (C=O) groups excluding carboxylic acids is 3. The maximum atomic E-state index is 14.7. The first kappa shape index (κ1) is 29.8. The summed E-state index contributed by atoms with van der Waals surface area (Å²) in [6.07, 6.45) is 3.41. The maximum absolute atomic E-state index is 14.7. The lowest BCUT2D eigenvalue weighted by molar-refractivity contribution is -0.120. The highest BCUT2D eigenvalue weighted by Crippen LogP contribution is 2.34. The summed E-state index contributed by atoms with van der Waals surface area (Å²) < 4.78 is 14.7. The van der Waals surface area contributed by atoms with Crippen LogP contribution in [0.1, 0.15) is 44.8 Å². The molecule has 2 bridgehead atoms. The van der Waals surface area contributed by atoms with E-state index in [9.17, 15) is 18.8 Å². The van der Waals surface area contributed by atoms with Crippen molar-refractivity contribution < 1.29 is 18.8 Å². The van der Waals surface area contributed by atoms with Crippen molar-refractivity contribution in [3.63, 3.8) is 0 Å². The highest BCUT2D eigenvalue weighted by atomic mass is 35.5. The number of hydrogen-bond donors (Lipinski definition) is 6. The molecule has 0 radical (unpaired) electrons. The number of fused-ring (bicyclic) bond motifs is 4. The first-order valence-electron chi connectivity index (χ1n) is 13.8. The number of halogens is 2. The van der Waals surface area contributed by atoms with E-state index < -0.39 is 17.8 Å². The van der Waals surface area contributed by atoms with Gasteiger partial charge in [-0.05, 0) is 61.7 Å². The summed E-state index contributed by atoms with van der Waals surface area (Å²) in [5.74, 6) is -1.48. The Bertz CT molecular complexity index is 1610. The summed E-state index contributed by atoms with van der Waals surface area (Å²) >= 11 is 5.96. The zero-order valence-electron chi connectivity index (χ0n) is 23.8. The number of nitrogens with zero attached hydrogens (tertiary/aromatic N) is 2. The van der Waals surface area contributed by atoms with Crippen molar-refractivity contribution in [1.82, 2.24) is 26.6 Å². The summed E-state index contributed by atoms with van der Waals surface area (Å²) in [5.41, 5.74) is 9.71. The van der Waals surface area contributed by atoms with Crippen LogP contribution in [0.25, 0.3) is 11.1 Å². The lowest BCUT2D eigenvalue weighted by Gasteiger charge is -2.22. The standard InChI is InChI=1S/C30H32ClFN8O3/c1-16-6-4-8-22(36-29(42)27-17(2)40(39-38-27)25-9-5-7-21(31)26(25)32)24-14-18(12-13-34-24)20-11-10-19(35-30(43)33-3)15-23(20)37-28(16)41/h5,7,9-16,22,38-39H,4,6,8H2,1-3H3,(H,36,42)(H,37,41)(H2,33,35,43)/t16-,22+/m1/s1. The molecule has 2 aliphatic rings. The zero-order chi connectivity index (χ0) is 30.7. The fourth-order valence-electron chi connectivity index (χ4n) is 5.04. The van der Waals surface area contributed by atoms with Gasteiger partial charge in [0.25, 0.3) is 5.91 Å². The quantitative estimate of drug-likeness (QED) is 0.246. The molecule has 2 aromatic carbocycles. The van der Waals surface area contributed by atoms with Gasteiger partial charge in [0.15, 0.2) is 5.82 Å². The number of hydrazine groups is 2. The molecule has 0 saturated carbocycles. The fourth-order valence-corrected chi connectivity index (χ4v) is 5.21. The fraction of sp³-hybridized carbons (Fsp3) is 0.267. The Labute approximate surface area is 253 Å². The van der Waals surface area contributed by atoms with Crippen molar-refractivity contribution in [1.29, 1.82) is 0 Å². The van der Waals surface area contributed by atoms with Gasteiger partial charge in [-0.1, -0.05) is 37.1 Å². The van der Waals surface area contributed by atoms with Gasteiger partial charge in [0.2, 0.25) is 5.91 Å². The van der Waals surface area contributed by atoms with Gasteiger partial charge in [0.05, 0.1) is 33.8 Å². The number of hydrogen-bond acceptors (Lipinski definition) is 7. The minimum atomic E-state index is -0.616. The van der Waals surface area contributed by atoms with Crippen LogP contribution >= 0.6 is 11.6 Å². The summed E-state index contributed by atoms with van der Waals surface area (Å²) in [5, 5.41) is 12.7. The lowest BCUT2D eigenvalue weighted by Crippen LogP contribution is -2.40. The van der Waals surface area contributed by atoms with Crippen molar-refractivity contribution in [3.8, 4) is 11.1 Å². The van der Waals surface area contributed by atoms with Crippen molar-refractivity contribution in [2.45, 2.75) is 39.2 Å². The molecule has 11 nitrogen and oxygen atoms in total. The first-order valence-corrected chi connectivity index (χ1v) is 14.2.